The van der Waals surface area contributed by atoms with Gasteiger partial charge in [-0.1, -0.05) is 23.7 Å². The Hall–Kier alpha value is -2.76. The number of para-hydroxylation sites is 1. The fraction of sp³-hybridized carbons (Fsp3) is 0.320. The van der Waals surface area contributed by atoms with Crippen molar-refractivity contribution in [3.05, 3.63) is 75.7 Å². The minimum atomic E-state index is -0.283. The van der Waals surface area contributed by atoms with Crippen LogP contribution in [-0.2, 0) is 6.42 Å². The van der Waals surface area contributed by atoms with Crippen molar-refractivity contribution in [2.24, 2.45) is 0 Å². The predicted octanol–water partition coefficient (Wildman–Crippen LogP) is 5.07. The van der Waals surface area contributed by atoms with Gasteiger partial charge in [-0.15, -0.1) is 0 Å². The number of unbranched alkanes of at least 4 members (excludes halogenated alkanes) is 1. The number of nitrogens with one attached hydrogen (secondary N) is 1. The van der Waals surface area contributed by atoms with Crippen LogP contribution < -0.4 is 10.5 Å². The second-order valence-corrected chi connectivity index (χ2v) is 8.67. The molecule has 2 aromatic carbocycles. The molecule has 31 heavy (non-hydrogen) atoms. The number of aromatic nitrogens is 1. The third-order valence-electron chi connectivity index (χ3n) is 6.24. The number of aryl methyl sites for hydroxylation is 1. The van der Waals surface area contributed by atoms with Crippen molar-refractivity contribution < 1.29 is 4.42 Å². The maximum atomic E-state index is 12.0. The third kappa shape index (κ3) is 4.34. The van der Waals surface area contributed by atoms with E-state index in [1.54, 1.807) is 6.07 Å². The Morgan fingerprint density at radius 2 is 1.81 bits per heavy atom. The molecule has 0 atom stereocenters. The topological polar surface area (TPSA) is 52.5 Å². The fourth-order valence-electron chi connectivity index (χ4n) is 4.58. The number of piperazine rings is 1. The van der Waals surface area contributed by atoms with Gasteiger partial charge in [0.2, 0.25) is 0 Å². The molecule has 6 heteroatoms. The first-order valence-corrected chi connectivity index (χ1v) is 11.3. The summed E-state index contributed by atoms with van der Waals surface area (Å²) >= 11 is 6.16. The van der Waals surface area contributed by atoms with Crippen LogP contribution in [0.4, 0.5) is 5.69 Å². The summed E-state index contributed by atoms with van der Waals surface area (Å²) in [4.78, 5) is 20.1. The van der Waals surface area contributed by atoms with Crippen molar-refractivity contribution in [1.29, 1.82) is 0 Å². The van der Waals surface area contributed by atoms with Crippen molar-refractivity contribution in [2.75, 3.05) is 37.6 Å². The maximum absolute atomic E-state index is 12.0. The van der Waals surface area contributed by atoms with E-state index < -0.39 is 0 Å². The van der Waals surface area contributed by atoms with Crippen LogP contribution >= 0.6 is 11.6 Å². The molecular weight excluding hydrogens is 410 g/mol. The zero-order valence-electron chi connectivity index (χ0n) is 17.4. The Bertz CT molecular complexity index is 1250. The van der Waals surface area contributed by atoms with Crippen molar-refractivity contribution in [3.8, 4) is 0 Å². The predicted molar refractivity (Wildman–Crippen MR) is 127 cm³/mol. The van der Waals surface area contributed by atoms with Gasteiger partial charge in [0.15, 0.2) is 0 Å². The molecule has 1 N–H and O–H groups in total. The molecule has 1 fully saturated rings. The third-order valence-corrected chi connectivity index (χ3v) is 6.48. The summed E-state index contributed by atoms with van der Waals surface area (Å²) in [6.45, 7) is 4.98. The number of nitrogens with zero attached hydrogens (tertiary/aromatic N) is 2. The molecule has 0 amide bonds. The monoisotopic (exact) mass is 435 g/mol. The Balaban J connectivity index is 1.14. The number of hydrogen-bond donors (Lipinski definition) is 1. The van der Waals surface area contributed by atoms with Gasteiger partial charge >= 0.3 is 5.63 Å². The summed E-state index contributed by atoms with van der Waals surface area (Å²) in [6.07, 6.45) is 5.50. The van der Waals surface area contributed by atoms with Gasteiger partial charge in [0.1, 0.15) is 5.58 Å². The van der Waals surface area contributed by atoms with Crippen LogP contribution in [0.2, 0.25) is 5.02 Å². The van der Waals surface area contributed by atoms with Gasteiger partial charge in [-0.05, 0) is 61.7 Å². The van der Waals surface area contributed by atoms with Crippen molar-refractivity contribution in [2.45, 2.75) is 19.3 Å². The Labute approximate surface area is 186 Å². The first-order valence-electron chi connectivity index (χ1n) is 10.9. The second kappa shape index (κ2) is 8.77. The number of fused-ring (bicyclic) bond motifs is 2. The minimum Gasteiger partial charge on any atom is -0.423 e. The molecule has 3 heterocycles. The highest BCUT2D eigenvalue weighted by Crippen LogP contribution is 2.26. The van der Waals surface area contributed by atoms with E-state index in [9.17, 15) is 4.79 Å². The number of rotatable bonds is 6. The zero-order chi connectivity index (χ0) is 21.2. The lowest BCUT2D eigenvalue weighted by atomic mass is 10.1. The van der Waals surface area contributed by atoms with E-state index in [1.165, 1.54) is 17.4 Å². The van der Waals surface area contributed by atoms with E-state index in [2.05, 4.69) is 27.0 Å². The first kappa shape index (κ1) is 20.2. The molecule has 0 unspecified atom stereocenters. The lowest BCUT2D eigenvalue weighted by molar-refractivity contribution is 0.253. The molecule has 5 rings (SSSR count). The summed E-state index contributed by atoms with van der Waals surface area (Å²) in [5.41, 5.74) is 3.86. The van der Waals surface area contributed by atoms with Crippen LogP contribution in [0.25, 0.3) is 21.9 Å². The van der Waals surface area contributed by atoms with E-state index in [0.29, 0.717) is 5.58 Å². The molecule has 5 nitrogen and oxygen atoms in total. The van der Waals surface area contributed by atoms with Gasteiger partial charge < -0.3 is 14.3 Å². The highest BCUT2D eigenvalue weighted by molar-refractivity contribution is 6.31. The van der Waals surface area contributed by atoms with E-state index in [1.807, 2.05) is 36.4 Å². The van der Waals surface area contributed by atoms with Crippen molar-refractivity contribution >= 4 is 39.2 Å². The molecular formula is C25H26ClN3O2. The molecule has 4 aromatic rings. The SMILES string of the molecule is O=c1cc(N2CCN(CCCCc3c[nH]c4ccc(Cl)cc34)CC2)c2ccccc2o1. The molecule has 0 aliphatic carbocycles. The lowest BCUT2D eigenvalue weighted by Gasteiger charge is -2.36. The lowest BCUT2D eigenvalue weighted by Crippen LogP contribution is -2.46. The van der Waals surface area contributed by atoms with Gasteiger partial charge in [0.25, 0.3) is 0 Å². The molecule has 1 aliphatic rings. The van der Waals surface area contributed by atoms with Crippen LogP contribution in [0.1, 0.15) is 18.4 Å². The Morgan fingerprint density at radius 3 is 2.68 bits per heavy atom. The molecule has 0 radical (unpaired) electrons. The summed E-state index contributed by atoms with van der Waals surface area (Å²) in [5, 5.41) is 3.03. The quantitative estimate of drug-likeness (QED) is 0.339. The highest BCUT2D eigenvalue weighted by Gasteiger charge is 2.19. The highest BCUT2D eigenvalue weighted by atomic mass is 35.5. The number of anilines is 1. The molecule has 160 valence electrons. The van der Waals surface area contributed by atoms with Crippen LogP contribution in [0.3, 0.4) is 0 Å². The fourth-order valence-corrected chi connectivity index (χ4v) is 4.75. The van der Waals surface area contributed by atoms with E-state index in [4.69, 9.17) is 16.0 Å². The number of aromatic amines is 1. The maximum Gasteiger partial charge on any atom is 0.338 e. The minimum absolute atomic E-state index is 0.283. The summed E-state index contributed by atoms with van der Waals surface area (Å²) in [7, 11) is 0. The molecule has 0 bridgehead atoms. The molecule has 1 saturated heterocycles. The van der Waals surface area contributed by atoms with E-state index in [-0.39, 0.29) is 5.63 Å². The Morgan fingerprint density at radius 1 is 0.968 bits per heavy atom. The van der Waals surface area contributed by atoms with Crippen LogP contribution in [0.5, 0.6) is 0 Å². The van der Waals surface area contributed by atoms with Gasteiger partial charge in [0, 0.05) is 59.8 Å². The van der Waals surface area contributed by atoms with Crippen molar-refractivity contribution in [1.82, 2.24) is 9.88 Å². The summed E-state index contributed by atoms with van der Waals surface area (Å²) < 4.78 is 5.34. The molecule has 1 aliphatic heterocycles. The van der Waals surface area contributed by atoms with Crippen LogP contribution in [0.15, 0.2) is 63.9 Å². The molecule has 0 saturated carbocycles. The number of benzene rings is 2. The number of H-pyrrole nitrogens is 1. The second-order valence-electron chi connectivity index (χ2n) is 8.24. The van der Waals surface area contributed by atoms with Gasteiger partial charge in [-0.2, -0.15) is 0 Å². The van der Waals surface area contributed by atoms with Gasteiger partial charge in [-0.25, -0.2) is 4.79 Å². The smallest absolute Gasteiger partial charge is 0.338 e. The van der Waals surface area contributed by atoms with Gasteiger partial charge in [0.05, 0.1) is 5.69 Å². The average molecular weight is 436 g/mol. The van der Waals surface area contributed by atoms with Crippen LogP contribution in [0, 0.1) is 0 Å². The van der Waals surface area contributed by atoms with E-state index >= 15 is 0 Å². The van der Waals surface area contributed by atoms with E-state index in [0.717, 1.165) is 67.2 Å². The Kier molecular flexibility index (Phi) is 5.70. The largest absolute Gasteiger partial charge is 0.423 e. The average Bonchev–Trinajstić information content (AvgIpc) is 3.18. The zero-order valence-corrected chi connectivity index (χ0v) is 18.2. The molecule has 0 spiro atoms. The first-order chi connectivity index (χ1) is 15.2. The standard InChI is InChI=1S/C25H26ClN3O2/c26-19-8-9-22-21(15-19)18(17-27-22)5-3-4-10-28-11-13-29(14-12-28)23-16-25(30)31-24-7-2-1-6-20(23)24/h1-2,6-9,15-17,27H,3-5,10-14H2. The normalized spacial score (nSPS) is 15.2. The van der Waals surface area contributed by atoms with Crippen molar-refractivity contribution in [3.63, 3.8) is 0 Å². The molecule has 2 aromatic heterocycles. The number of hydrogen-bond acceptors (Lipinski definition) is 4. The van der Waals surface area contributed by atoms with Crippen LogP contribution in [-0.4, -0.2) is 42.6 Å². The van der Waals surface area contributed by atoms with Gasteiger partial charge in [-0.3, -0.25) is 4.90 Å². The summed E-state index contributed by atoms with van der Waals surface area (Å²) in [6, 6.07) is 15.4. The summed E-state index contributed by atoms with van der Waals surface area (Å²) in [5.74, 6) is 0. The number of halogens is 1.